The molecule has 0 radical (unpaired) electrons. The Kier molecular flexibility index (Phi) is 3.76. The van der Waals surface area contributed by atoms with Crippen LogP contribution in [-0.4, -0.2) is 19.0 Å². The Morgan fingerprint density at radius 3 is 3.00 bits per heavy atom. The van der Waals surface area contributed by atoms with E-state index in [0.717, 1.165) is 15.6 Å². The topological polar surface area (TPSA) is 55.1 Å². The highest BCUT2D eigenvalue weighted by atomic mass is 32.1. The van der Waals surface area contributed by atoms with Gasteiger partial charge in [-0.15, -0.1) is 11.3 Å². The van der Waals surface area contributed by atoms with E-state index in [2.05, 4.69) is 5.32 Å². The Morgan fingerprint density at radius 1 is 1.47 bits per heavy atom. The minimum absolute atomic E-state index is 0.0113. The maximum Gasteiger partial charge on any atom is 0.252 e. The first-order chi connectivity index (χ1) is 8.22. The number of hydrogen-bond donors (Lipinski definition) is 2. The zero-order valence-corrected chi connectivity index (χ0v) is 10.6. The lowest BCUT2D eigenvalue weighted by molar-refractivity contribution is 0.0950. The summed E-state index contributed by atoms with van der Waals surface area (Å²) in [6.07, 6.45) is 0. The molecule has 4 heteroatoms. The predicted molar refractivity (Wildman–Crippen MR) is 72.4 cm³/mol. The molecular formula is C13H16N2OS. The molecule has 1 aromatic carbocycles. The zero-order valence-electron chi connectivity index (χ0n) is 9.77. The Balaban J connectivity index is 2.14. The van der Waals surface area contributed by atoms with Crippen molar-refractivity contribution in [3.8, 4) is 0 Å². The van der Waals surface area contributed by atoms with Gasteiger partial charge in [0, 0.05) is 22.0 Å². The first-order valence-electron chi connectivity index (χ1n) is 5.67. The van der Waals surface area contributed by atoms with Crippen LogP contribution in [0.25, 0.3) is 10.1 Å². The van der Waals surface area contributed by atoms with Crippen LogP contribution < -0.4 is 11.1 Å². The molecule has 1 atom stereocenters. The van der Waals surface area contributed by atoms with Crippen molar-refractivity contribution in [3.63, 3.8) is 0 Å². The molecule has 3 nitrogen and oxygen atoms in total. The van der Waals surface area contributed by atoms with Gasteiger partial charge in [-0.3, -0.25) is 4.79 Å². The Morgan fingerprint density at radius 2 is 2.24 bits per heavy atom. The number of fused-ring (bicyclic) bond motifs is 1. The molecule has 0 saturated carbocycles. The van der Waals surface area contributed by atoms with Crippen LogP contribution in [0.3, 0.4) is 0 Å². The standard InChI is InChI=1S/C13H16N2OS/c1-9(6-14)7-15-13(16)11-8-17-12-5-3-2-4-10(11)12/h2-5,8-9H,6-7,14H2,1H3,(H,15,16). The van der Waals surface area contributed by atoms with Crippen LogP contribution in [0.2, 0.25) is 0 Å². The van der Waals surface area contributed by atoms with Crippen molar-refractivity contribution in [1.82, 2.24) is 5.32 Å². The minimum atomic E-state index is -0.0113. The van der Waals surface area contributed by atoms with Crippen LogP contribution in [0.5, 0.6) is 0 Å². The molecule has 3 N–H and O–H groups in total. The Labute approximate surface area is 105 Å². The quantitative estimate of drug-likeness (QED) is 0.871. The molecule has 0 bridgehead atoms. The normalized spacial score (nSPS) is 12.6. The van der Waals surface area contributed by atoms with Crippen LogP contribution in [-0.2, 0) is 0 Å². The third-order valence-electron chi connectivity index (χ3n) is 2.74. The summed E-state index contributed by atoms with van der Waals surface area (Å²) in [4.78, 5) is 12.0. The number of benzene rings is 1. The summed E-state index contributed by atoms with van der Waals surface area (Å²) >= 11 is 1.60. The Hall–Kier alpha value is -1.39. The van der Waals surface area contributed by atoms with Gasteiger partial charge < -0.3 is 11.1 Å². The molecule has 1 heterocycles. The van der Waals surface area contributed by atoms with E-state index < -0.39 is 0 Å². The van der Waals surface area contributed by atoms with Crippen LogP contribution in [0.1, 0.15) is 17.3 Å². The highest BCUT2D eigenvalue weighted by Gasteiger charge is 2.12. The molecular weight excluding hydrogens is 232 g/mol. The van der Waals surface area contributed by atoms with Gasteiger partial charge in [0.15, 0.2) is 0 Å². The second kappa shape index (κ2) is 5.29. The van der Waals surface area contributed by atoms with Crippen molar-refractivity contribution in [2.75, 3.05) is 13.1 Å². The fraction of sp³-hybridized carbons (Fsp3) is 0.308. The van der Waals surface area contributed by atoms with E-state index in [4.69, 9.17) is 5.73 Å². The highest BCUT2D eigenvalue weighted by molar-refractivity contribution is 7.17. The fourth-order valence-corrected chi connectivity index (χ4v) is 2.54. The molecule has 1 aromatic heterocycles. The third kappa shape index (κ3) is 2.65. The molecule has 0 aliphatic carbocycles. The van der Waals surface area contributed by atoms with Crippen LogP contribution in [0.4, 0.5) is 0 Å². The first kappa shape index (κ1) is 12.1. The van der Waals surface area contributed by atoms with Crippen LogP contribution >= 0.6 is 11.3 Å². The maximum absolute atomic E-state index is 12.0. The lowest BCUT2D eigenvalue weighted by Crippen LogP contribution is -2.31. The van der Waals surface area contributed by atoms with Crippen molar-refractivity contribution < 1.29 is 4.79 Å². The lowest BCUT2D eigenvalue weighted by atomic mass is 10.1. The van der Waals surface area contributed by atoms with Gasteiger partial charge >= 0.3 is 0 Å². The summed E-state index contributed by atoms with van der Waals surface area (Å²) in [5, 5.41) is 5.85. The fourth-order valence-electron chi connectivity index (χ4n) is 1.60. The largest absolute Gasteiger partial charge is 0.352 e. The van der Waals surface area contributed by atoms with Crippen LogP contribution in [0, 0.1) is 5.92 Å². The number of nitrogens with two attached hydrogens (primary N) is 1. The molecule has 0 saturated heterocycles. The van der Waals surface area contributed by atoms with Crippen molar-refractivity contribution in [2.24, 2.45) is 11.7 Å². The smallest absolute Gasteiger partial charge is 0.252 e. The molecule has 0 spiro atoms. The number of carbonyl (C=O) groups excluding carboxylic acids is 1. The summed E-state index contributed by atoms with van der Waals surface area (Å²) in [5.41, 5.74) is 6.28. The second-order valence-corrected chi connectivity index (χ2v) is 5.11. The molecule has 90 valence electrons. The van der Waals surface area contributed by atoms with Crippen LogP contribution in [0.15, 0.2) is 29.6 Å². The molecule has 17 heavy (non-hydrogen) atoms. The molecule has 2 aromatic rings. The van der Waals surface area contributed by atoms with Gasteiger partial charge in [-0.05, 0) is 18.5 Å². The van der Waals surface area contributed by atoms with E-state index in [0.29, 0.717) is 19.0 Å². The maximum atomic E-state index is 12.0. The number of thiophene rings is 1. The van der Waals surface area contributed by atoms with Gasteiger partial charge in [-0.25, -0.2) is 0 Å². The van der Waals surface area contributed by atoms with Gasteiger partial charge in [0.05, 0.1) is 5.56 Å². The number of amides is 1. The third-order valence-corrected chi connectivity index (χ3v) is 3.70. The summed E-state index contributed by atoms with van der Waals surface area (Å²) in [6.45, 7) is 3.23. The van der Waals surface area contributed by atoms with E-state index in [1.165, 1.54) is 0 Å². The number of hydrogen-bond acceptors (Lipinski definition) is 3. The lowest BCUT2D eigenvalue weighted by Gasteiger charge is -2.09. The number of carbonyl (C=O) groups is 1. The second-order valence-electron chi connectivity index (χ2n) is 4.20. The summed E-state index contributed by atoms with van der Waals surface area (Å²) in [7, 11) is 0. The van der Waals surface area contributed by atoms with Crippen molar-refractivity contribution >= 4 is 27.3 Å². The van der Waals surface area contributed by atoms with Gasteiger partial charge in [-0.1, -0.05) is 25.1 Å². The predicted octanol–water partition coefficient (Wildman–Crippen LogP) is 2.23. The Bertz CT molecular complexity index is 521. The van der Waals surface area contributed by atoms with Crippen molar-refractivity contribution in [1.29, 1.82) is 0 Å². The molecule has 2 rings (SSSR count). The molecule has 1 amide bonds. The number of nitrogens with one attached hydrogen (secondary N) is 1. The molecule has 0 fully saturated rings. The van der Waals surface area contributed by atoms with Gasteiger partial charge in [-0.2, -0.15) is 0 Å². The van der Waals surface area contributed by atoms with Crippen molar-refractivity contribution in [2.45, 2.75) is 6.92 Å². The first-order valence-corrected chi connectivity index (χ1v) is 6.55. The number of rotatable bonds is 4. The monoisotopic (exact) mass is 248 g/mol. The molecule has 0 aliphatic rings. The average Bonchev–Trinajstić information content (AvgIpc) is 2.79. The minimum Gasteiger partial charge on any atom is -0.352 e. The molecule has 1 unspecified atom stereocenters. The SMILES string of the molecule is CC(CN)CNC(=O)c1csc2ccccc12. The van der Waals surface area contributed by atoms with Gasteiger partial charge in [0.2, 0.25) is 0 Å². The van der Waals surface area contributed by atoms with Gasteiger partial charge in [0.25, 0.3) is 5.91 Å². The summed E-state index contributed by atoms with van der Waals surface area (Å²) in [6, 6.07) is 7.94. The summed E-state index contributed by atoms with van der Waals surface area (Å²) in [5.74, 6) is 0.298. The van der Waals surface area contributed by atoms with Crippen molar-refractivity contribution in [3.05, 3.63) is 35.2 Å². The van der Waals surface area contributed by atoms with E-state index in [-0.39, 0.29) is 5.91 Å². The van der Waals surface area contributed by atoms with E-state index in [9.17, 15) is 4.79 Å². The van der Waals surface area contributed by atoms with Gasteiger partial charge in [0.1, 0.15) is 0 Å². The van der Waals surface area contributed by atoms with E-state index in [1.54, 1.807) is 11.3 Å². The average molecular weight is 248 g/mol. The zero-order chi connectivity index (χ0) is 12.3. The van der Waals surface area contributed by atoms with E-state index in [1.807, 2.05) is 36.6 Å². The molecule has 0 aliphatic heterocycles. The summed E-state index contributed by atoms with van der Waals surface area (Å²) < 4.78 is 1.14. The van der Waals surface area contributed by atoms with E-state index >= 15 is 0 Å². The highest BCUT2D eigenvalue weighted by Crippen LogP contribution is 2.25.